The molecule has 1 heterocycles. The molecule has 1 aromatic carbocycles. The Morgan fingerprint density at radius 3 is 2.60 bits per heavy atom. The molecule has 2 aromatic rings. The lowest BCUT2D eigenvalue weighted by Gasteiger charge is -2.04. The van der Waals surface area contributed by atoms with E-state index in [0.717, 1.165) is 11.3 Å². The van der Waals surface area contributed by atoms with E-state index in [1.165, 1.54) is 6.33 Å². The van der Waals surface area contributed by atoms with E-state index in [4.69, 9.17) is 10.5 Å². The average molecular weight is 201 g/mol. The highest BCUT2D eigenvalue weighted by molar-refractivity contribution is 5.39. The fraction of sp³-hybridized carbons (Fsp3) is 0.0909. The van der Waals surface area contributed by atoms with Crippen molar-refractivity contribution in [2.24, 2.45) is 0 Å². The first-order chi connectivity index (χ1) is 7.34. The SMILES string of the molecule is Nc1ccc(COc2ccncn2)cc1. The number of hydrogen-bond acceptors (Lipinski definition) is 4. The zero-order valence-corrected chi connectivity index (χ0v) is 8.13. The second-order valence-electron chi connectivity index (χ2n) is 3.08. The van der Waals surface area contributed by atoms with E-state index in [0.29, 0.717) is 12.5 Å². The highest BCUT2D eigenvalue weighted by Gasteiger charge is 1.95. The van der Waals surface area contributed by atoms with E-state index < -0.39 is 0 Å². The van der Waals surface area contributed by atoms with Crippen LogP contribution in [0.15, 0.2) is 42.9 Å². The fourth-order valence-electron chi connectivity index (χ4n) is 1.14. The molecule has 2 rings (SSSR count). The van der Waals surface area contributed by atoms with Crippen LogP contribution in [0.5, 0.6) is 5.88 Å². The van der Waals surface area contributed by atoms with Crippen molar-refractivity contribution in [1.29, 1.82) is 0 Å². The minimum absolute atomic E-state index is 0.483. The minimum atomic E-state index is 0.483. The molecule has 0 unspecified atom stereocenters. The Morgan fingerprint density at radius 1 is 1.13 bits per heavy atom. The van der Waals surface area contributed by atoms with Gasteiger partial charge >= 0.3 is 0 Å². The van der Waals surface area contributed by atoms with Crippen molar-refractivity contribution < 1.29 is 4.74 Å². The Kier molecular flexibility index (Phi) is 2.78. The fourth-order valence-corrected chi connectivity index (χ4v) is 1.14. The Morgan fingerprint density at radius 2 is 1.93 bits per heavy atom. The van der Waals surface area contributed by atoms with Crippen LogP contribution in [0.2, 0.25) is 0 Å². The molecule has 2 N–H and O–H groups in total. The normalized spacial score (nSPS) is 9.87. The van der Waals surface area contributed by atoms with Crippen molar-refractivity contribution in [2.45, 2.75) is 6.61 Å². The van der Waals surface area contributed by atoms with Crippen molar-refractivity contribution in [3.63, 3.8) is 0 Å². The largest absolute Gasteiger partial charge is 0.473 e. The van der Waals surface area contributed by atoms with E-state index in [1.807, 2.05) is 24.3 Å². The molecule has 15 heavy (non-hydrogen) atoms. The van der Waals surface area contributed by atoms with Crippen molar-refractivity contribution in [2.75, 3.05) is 5.73 Å². The standard InChI is InChI=1S/C11H11N3O/c12-10-3-1-9(2-4-10)7-15-11-5-6-13-8-14-11/h1-6,8H,7,12H2. The van der Waals surface area contributed by atoms with Crippen LogP contribution in [-0.4, -0.2) is 9.97 Å². The van der Waals surface area contributed by atoms with Crippen LogP contribution in [0, 0.1) is 0 Å². The van der Waals surface area contributed by atoms with Gasteiger partial charge in [0.05, 0.1) is 0 Å². The first-order valence-electron chi connectivity index (χ1n) is 4.58. The summed E-state index contributed by atoms with van der Waals surface area (Å²) < 4.78 is 5.44. The number of nitrogens with zero attached hydrogens (tertiary/aromatic N) is 2. The maximum absolute atomic E-state index is 5.57. The number of nitrogens with two attached hydrogens (primary N) is 1. The molecule has 0 fully saturated rings. The van der Waals surface area contributed by atoms with E-state index in [9.17, 15) is 0 Å². The maximum Gasteiger partial charge on any atom is 0.216 e. The molecule has 0 amide bonds. The number of aromatic nitrogens is 2. The number of rotatable bonds is 3. The van der Waals surface area contributed by atoms with Gasteiger partial charge in [0.2, 0.25) is 5.88 Å². The van der Waals surface area contributed by atoms with Gasteiger partial charge in [-0.1, -0.05) is 12.1 Å². The number of ether oxygens (including phenoxy) is 1. The zero-order valence-electron chi connectivity index (χ0n) is 8.13. The number of nitrogen functional groups attached to an aromatic ring is 1. The summed E-state index contributed by atoms with van der Waals surface area (Å²) in [7, 11) is 0. The second-order valence-corrected chi connectivity index (χ2v) is 3.08. The summed E-state index contributed by atoms with van der Waals surface area (Å²) in [5.74, 6) is 0.571. The summed E-state index contributed by atoms with van der Waals surface area (Å²) in [5, 5.41) is 0. The average Bonchev–Trinajstić information content (AvgIpc) is 2.30. The molecule has 0 atom stereocenters. The van der Waals surface area contributed by atoms with E-state index in [1.54, 1.807) is 12.3 Å². The van der Waals surface area contributed by atoms with Crippen molar-refractivity contribution in [1.82, 2.24) is 9.97 Å². The third-order valence-corrected chi connectivity index (χ3v) is 1.92. The molecule has 4 heteroatoms. The Labute approximate surface area is 87.7 Å². The molecular formula is C11H11N3O. The first-order valence-corrected chi connectivity index (χ1v) is 4.58. The lowest BCUT2D eigenvalue weighted by molar-refractivity contribution is 0.293. The lowest BCUT2D eigenvalue weighted by atomic mass is 10.2. The lowest BCUT2D eigenvalue weighted by Crippen LogP contribution is -1.97. The summed E-state index contributed by atoms with van der Waals surface area (Å²) in [6, 6.07) is 9.27. The van der Waals surface area contributed by atoms with Gasteiger partial charge in [-0.2, -0.15) is 0 Å². The molecule has 0 saturated carbocycles. The summed E-state index contributed by atoms with van der Waals surface area (Å²) in [4.78, 5) is 7.76. The number of hydrogen-bond donors (Lipinski definition) is 1. The van der Waals surface area contributed by atoms with E-state index in [2.05, 4.69) is 9.97 Å². The zero-order chi connectivity index (χ0) is 10.5. The van der Waals surface area contributed by atoms with Gasteiger partial charge < -0.3 is 10.5 Å². The van der Waals surface area contributed by atoms with Gasteiger partial charge in [-0.05, 0) is 17.7 Å². The van der Waals surface area contributed by atoms with Gasteiger partial charge in [0, 0.05) is 18.0 Å². The van der Waals surface area contributed by atoms with Crippen LogP contribution in [0.3, 0.4) is 0 Å². The molecule has 0 aliphatic rings. The monoisotopic (exact) mass is 201 g/mol. The van der Waals surface area contributed by atoms with Gasteiger partial charge in [0.15, 0.2) is 0 Å². The molecule has 0 bridgehead atoms. The number of anilines is 1. The summed E-state index contributed by atoms with van der Waals surface area (Å²) >= 11 is 0. The molecule has 0 radical (unpaired) electrons. The molecule has 0 aliphatic carbocycles. The third kappa shape index (κ3) is 2.67. The first kappa shape index (κ1) is 9.45. The predicted molar refractivity (Wildman–Crippen MR) is 57.2 cm³/mol. The molecule has 4 nitrogen and oxygen atoms in total. The van der Waals surface area contributed by atoms with Crippen LogP contribution in [0.25, 0.3) is 0 Å². The van der Waals surface area contributed by atoms with E-state index >= 15 is 0 Å². The predicted octanol–water partition coefficient (Wildman–Crippen LogP) is 1.64. The Bertz CT molecular complexity index is 414. The van der Waals surface area contributed by atoms with Gasteiger partial charge in [-0.3, -0.25) is 0 Å². The molecule has 0 spiro atoms. The molecule has 0 aliphatic heterocycles. The topological polar surface area (TPSA) is 61.0 Å². The van der Waals surface area contributed by atoms with E-state index in [-0.39, 0.29) is 0 Å². The summed E-state index contributed by atoms with van der Waals surface area (Å²) in [5.41, 5.74) is 7.38. The maximum atomic E-state index is 5.57. The quantitative estimate of drug-likeness (QED) is 0.767. The smallest absolute Gasteiger partial charge is 0.216 e. The van der Waals surface area contributed by atoms with Crippen molar-refractivity contribution in [3.05, 3.63) is 48.4 Å². The Balaban J connectivity index is 1.96. The van der Waals surface area contributed by atoms with Crippen LogP contribution >= 0.6 is 0 Å². The molecule has 1 aromatic heterocycles. The van der Waals surface area contributed by atoms with Gasteiger partial charge in [0.25, 0.3) is 0 Å². The number of benzene rings is 1. The van der Waals surface area contributed by atoms with Crippen LogP contribution in [0.1, 0.15) is 5.56 Å². The molecular weight excluding hydrogens is 190 g/mol. The summed E-state index contributed by atoms with van der Waals surface area (Å²) in [6.45, 7) is 0.483. The van der Waals surface area contributed by atoms with Gasteiger partial charge in [-0.25, -0.2) is 9.97 Å². The molecule has 76 valence electrons. The van der Waals surface area contributed by atoms with Gasteiger partial charge in [0.1, 0.15) is 12.9 Å². The molecule has 0 saturated heterocycles. The highest BCUT2D eigenvalue weighted by atomic mass is 16.5. The minimum Gasteiger partial charge on any atom is -0.473 e. The second kappa shape index (κ2) is 4.41. The van der Waals surface area contributed by atoms with Crippen LogP contribution < -0.4 is 10.5 Å². The Hall–Kier alpha value is -2.10. The third-order valence-electron chi connectivity index (χ3n) is 1.92. The van der Waals surface area contributed by atoms with Crippen molar-refractivity contribution >= 4 is 5.69 Å². The van der Waals surface area contributed by atoms with Crippen molar-refractivity contribution in [3.8, 4) is 5.88 Å². The van der Waals surface area contributed by atoms with Crippen LogP contribution in [-0.2, 0) is 6.61 Å². The van der Waals surface area contributed by atoms with Gasteiger partial charge in [-0.15, -0.1) is 0 Å². The summed E-state index contributed by atoms with van der Waals surface area (Å²) in [6.07, 6.45) is 3.10. The van der Waals surface area contributed by atoms with Crippen LogP contribution in [0.4, 0.5) is 5.69 Å². The highest BCUT2D eigenvalue weighted by Crippen LogP contribution is 2.09.